The fraction of sp³-hybridized carbons (Fsp3) is 0.188. The summed E-state index contributed by atoms with van der Waals surface area (Å²) in [6.07, 6.45) is 0. The Morgan fingerprint density at radius 2 is 1.90 bits per heavy atom. The predicted molar refractivity (Wildman–Crippen MR) is 79.9 cm³/mol. The van der Waals surface area contributed by atoms with E-state index in [9.17, 15) is 9.18 Å². The van der Waals surface area contributed by atoms with Gasteiger partial charge in [0.2, 0.25) is 0 Å². The zero-order valence-corrected chi connectivity index (χ0v) is 12.6. The second-order valence-electron chi connectivity index (χ2n) is 4.37. The van der Waals surface area contributed by atoms with Crippen LogP contribution in [0.4, 0.5) is 4.39 Å². The van der Waals surface area contributed by atoms with E-state index in [1.165, 1.54) is 12.1 Å². The summed E-state index contributed by atoms with van der Waals surface area (Å²) < 4.78 is 19.4. The van der Waals surface area contributed by atoms with Gasteiger partial charge in [0.15, 0.2) is 17.3 Å². The van der Waals surface area contributed by atoms with Gasteiger partial charge in [0.1, 0.15) is 6.61 Å². The smallest absolute Gasteiger partial charge is 0.180 e. The van der Waals surface area contributed by atoms with Crippen molar-refractivity contribution < 1.29 is 13.9 Å². The van der Waals surface area contributed by atoms with Gasteiger partial charge in [-0.25, -0.2) is 4.39 Å². The molecule has 0 aliphatic rings. The lowest BCUT2D eigenvalue weighted by atomic mass is 10.1. The van der Waals surface area contributed by atoms with Crippen LogP contribution in [-0.2, 0) is 6.61 Å². The first-order chi connectivity index (χ1) is 9.59. The summed E-state index contributed by atoms with van der Waals surface area (Å²) in [5.74, 6) is -0.722. The normalized spacial score (nSPS) is 11.9. The molecule has 1 atom stereocenters. The summed E-state index contributed by atoms with van der Waals surface area (Å²) in [6.45, 7) is 1.92. The summed E-state index contributed by atoms with van der Waals surface area (Å²) in [5.41, 5.74) is 1.17. The number of carbonyl (C=O) groups excluding carboxylic acids is 1. The van der Waals surface area contributed by atoms with Crippen molar-refractivity contribution in [1.82, 2.24) is 0 Å². The lowest BCUT2D eigenvalue weighted by Crippen LogP contribution is -2.13. The minimum absolute atomic E-state index is 0.00709. The van der Waals surface area contributed by atoms with Gasteiger partial charge in [-0.1, -0.05) is 52.3 Å². The average Bonchev–Trinajstić information content (AvgIpc) is 2.46. The zero-order chi connectivity index (χ0) is 14.5. The molecule has 2 rings (SSSR count). The third kappa shape index (κ3) is 3.45. The first-order valence-corrected chi connectivity index (χ1v) is 7.14. The number of carbonyl (C=O) groups is 1. The van der Waals surface area contributed by atoms with Crippen LogP contribution in [0.2, 0.25) is 0 Å². The SMILES string of the molecule is CC(Br)C(=O)c1cccc(F)c1OCc1ccccc1. The van der Waals surface area contributed by atoms with Crippen LogP contribution in [0.15, 0.2) is 48.5 Å². The largest absolute Gasteiger partial charge is 0.485 e. The van der Waals surface area contributed by atoms with E-state index in [1.54, 1.807) is 13.0 Å². The number of benzene rings is 2. The summed E-state index contributed by atoms with van der Waals surface area (Å²) in [4.78, 5) is 11.6. The molecule has 20 heavy (non-hydrogen) atoms. The highest BCUT2D eigenvalue weighted by Gasteiger charge is 2.19. The lowest BCUT2D eigenvalue weighted by molar-refractivity contribution is 0.0990. The number of para-hydroxylation sites is 1. The Kier molecular flexibility index (Phi) is 4.90. The van der Waals surface area contributed by atoms with Gasteiger partial charge in [0, 0.05) is 0 Å². The van der Waals surface area contributed by atoms with E-state index in [4.69, 9.17) is 4.74 Å². The predicted octanol–water partition coefficient (Wildman–Crippen LogP) is 4.37. The van der Waals surface area contributed by atoms with E-state index >= 15 is 0 Å². The van der Waals surface area contributed by atoms with Crippen molar-refractivity contribution in [3.05, 3.63) is 65.5 Å². The molecule has 0 amide bonds. The Morgan fingerprint density at radius 1 is 1.20 bits per heavy atom. The maximum atomic E-state index is 13.9. The van der Waals surface area contributed by atoms with Crippen molar-refractivity contribution in [3.63, 3.8) is 0 Å². The number of hydrogen-bond acceptors (Lipinski definition) is 2. The second-order valence-corrected chi connectivity index (χ2v) is 5.74. The van der Waals surface area contributed by atoms with Crippen LogP contribution < -0.4 is 4.74 Å². The van der Waals surface area contributed by atoms with E-state index in [0.29, 0.717) is 0 Å². The van der Waals surface area contributed by atoms with Crippen molar-refractivity contribution in [2.24, 2.45) is 0 Å². The Bertz CT molecular complexity index is 597. The molecule has 0 saturated heterocycles. The molecule has 0 saturated carbocycles. The number of Topliss-reactive ketones (excluding diaryl/α,β-unsaturated/α-hetero) is 1. The summed E-state index contributed by atoms with van der Waals surface area (Å²) >= 11 is 3.20. The number of halogens is 2. The fourth-order valence-corrected chi connectivity index (χ4v) is 2.04. The Morgan fingerprint density at radius 3 is 2.55 bits per heavy atom. The molecule has 0 spiro atoms. The third-order valence-electron chi connectivity index (χ3n) is 2.82. The van der Waals surface area contributed by atoms with Crippen molar-refractivity contribution >= 4 is 21.7 Å². The quantitative estimate of drug-likeness (QED) is 0.598. The van der Waals surface area contributed by atoms with Crippen LogP contribution in [0.1, 0.15) is 22.8 Å². The standard InChI is InChI=1S/C16H14BrFO2/c1-11(17)15(19)13-8-5-9-14(18)16(13)20-10-12-6-3-2-4-7-12/h2-9,11H,10H2,1H3. The molecule has 2 aromatic carbocycles. The molecular formula is C16H14BrFO2. The number of ether oxygens (including phenoxy) is 1. The minimum atomic E-state index is -0.528. The van der Waals surface area contributed by atoms with E-state index in [0.717, 1.165) is 5.56 Å². The number of alkyl halides is 1. The van der Waals surface area contributed by atoms with Gasteiger partial charge in [-0.2, -0.15) is 0 Å². The Balaban J connectivity index is 2.24. The van der Waals surface area contributed by atoms with Crippen LogP contribution in [0.3, 0.4) is 0 Å². The molecule has 2 aromatic rings. The second kappa shape index (κ2) is 6.66. The van der Waals surface area contributed by atoms with Crippen molar-refractivity contribution in [1.29, 1.82) is 0 Å². The molecule has 0 N–H and O–H groups in total. The number of hydrogen-bond donors (Lipinski definition) is 0. The highest BCUT2D eigenvalue weighted by Crippen LogP contribution is 2.26. The molecule has 0 aromatic heterocycles. The van der Waals surface area contributed by atoms with Gasteiger partial charge in [-0.15, -0.1) is 0 Å². The van der Waals surface area contributed by atoms with Crippen LogP contribution >= 0.6 is 15.9 Å². The third-order valence-corrected chi connectivity index (χ3v) is 3.24. The molecule has 0 aliphatic heterocycles. The first kappa shape index (κ1) is 14.7. The monoisotopic (exact) mass is 336 g/mol. The van der Waals surface area contributed by atoms with Crippen molar-refractivity contribution in [3.8, 4) is 5.75 Å². The highest BCUT2D eigenvalue weighted by molar-refractivity contribution is 9.10. The van der Waals surface area contributed by atoms with Crippen LogP contribution in [0.25, 0.3) is 0 Å². The molecule has 104 valence electrons. The molecule has 0 bridgehead atoms. The van der Waals surface area contributed by atoms with E-state index in [1.807, 2.05) is 30.3 Å². The molecule has 0 heterocycles. The van der Waals surface area contributed by atoms with Crippen LogP contribution in [0, 0.1) is 5.82 Å². The van der Waals surface area contributed by atoms with Crippen LogP contribution in [-0.4, -0.2) is 10.6 Å². The van der Waals surface area contributed by atoms with Gasteiger partial charge >= 0.3 is 0 Å². The number of ketones is 1. The summed E-state index contributed by atoms with van der Waals surface area (Å²) in [6, 6.07) is 13.8. The average molecular weight is 337 g/mol. The fourth-order valence-electron chi connectivity index (χ4n) is 1.79. The first-order valence-electron chi connectivity index (χ1n) is 6.23. The van der Waals surface area contributed by atoms with Gasteiger partial charge in [-0.3, -0.25) is 4.79 Å². The van der Waals surface area contributed by atoms with Crippen molar-refractivity contribution in [2.45, 2.75) is 18.4 Å². The summed E-state index contributed by atoms with van der Waals surface area (Å²) in [5, 5.41) is 0. The molecule has 4 heteroatoms. The molecule has 1 unspecified atom stereocenters. The highest BCUT2D eigenvalue weighted by atomic mass is 79.9. The molecule has 0 fully saturated rings. The summed E-state index contributed by atoms with van der Waals surface area (Å²) in [7, 11) is 0. The van der Waals surface area contributed by atoms with Crippen LogP contribution in [0.5, 0.6) is 5.75 Å². The van der Waals surface area contributed by atoms with Gasteiger partial charge < -0.3 is 4.74 Å². The zero-order valence-electron chi connectivity index (χ0n) is 11.0. The molecular weight excluding hydrogens is 323 g/mol. The van der Waals surface area contributed by atoms with E-state index < -0.39 is 5.82 Å². The molecule has 0 radical (unpaired) electrons. The van der Waals surface area contributed by atoms with Gasteiger partial charge in [0.25, 0.3) is 0 Å². The van der Waals surface area contributed by atoms with E-state index in [2.05, 4.69) is 15.9 Å². The minimum Gasteiger partial charge on any atom is -0.485 e. The maximum Gasteiger partial charge on any atom is 0.180 e. The molecule has 2 nitrogen and oxygen atoms in total. The number of rotatable bonds is 5. The Labute approximate surface area is 125 Å². The topological polar surface area (TPSA) is 26.3 Å². The molecule has 0 aliphatic carbocycles. The van der Waals surface area contributed by atoms with Gasteiger partial charge in [0.05, 0.1) is 10.4 Å². The van der Waals surface area contributed by atoms with Crippen molar-refractivity contribution in [2.75, 3.05) is 0 Å². The lowest BCUT2D eigenvalue weighted by Gasteiger charge is -2.12. The Hall–Kier alpha value is -1.68. The van der Waals surface area contributed by atoms with E-state index in [-0.39, 0.29) is 28.5 Å². The van der Waals surface area contributed by atoms with Gasteiger partial charge in [-0.05, 0) is 24.6 Å². The maximum absolute atomic E-state index is 13.9.